The first-order valence-electron chi connectivity index (χ1n) is 8.23. The number of anilines is 2. The largest absolute Gasteiger partial charge is 0.342 e. The number of thiophene rings is 1. The maximum Gasteiger partial charge on any atom is 0.261 e. The summed E-state index contributed by atoms with van der Waals surface area (Å²) in [7, 11) is -3.72. The van der Waals surface area contributed by atoms with E-state index in [2.05, 4.69) is 15.4 Å². The molecule has 3 rings (SSSR count). The number of para-hydroxylation sites is 1. The Morgan fingerprint density at radius 1 is 0.857 bits per heavy atom. The number of benzene rings is 2. The molecular formula is C19H17N3O4S2. The van der Waals surface area contributed by atoms with Gasteiger partial charge in [-0.2, -0.15) is 0 Å². The van der Waals surface area contributed by atoms with Gasteiger partial charge in [0.15, 0.2) is 0 Å². The molecule has 7 nitrogen and oxygen atoms in total. The van der Waals surface area contributed by atoms with Gasteiger partial charge in [0.05, 0.1) is 16.3 Å². The first-order chi connectivity index (χ1) is 13.4. The molecule has 1 aromatic heterocycles. The van der Waals surface area contributed by atoms with Crippen LogP contribution in [0.15, 0.2) is 77.0 Å². The molecule has 0 spiro atoms. The lowest BCUT2D eigenvalue weighted by Crippen LogP contribution is -2.32. The van der Waals surface area contributed by atoms with E-state index in [0.29, 0.717) is 16.3 Å². The maximum absolute atomic E-state index is 12.4. The first-order valence-corrected chi connectivity index (χ1v) is 10.6. The van der Waals surface area contributed by atoms with Crippen LogP contribution in [0.2, 0.25) is 0 Å². The van der Waals surface area contributed by atoms with Crippen molar-refractivity contribution < 1.29 is 18.0 Å². The monoisotopic (exact) mass is 415 g/mol. The van der Waals surface area contributed by atoms with Crippen molar-refractivity contribution in [3.05, 3.63) is 77.0 Å². The minimum atomic E-state index is -3.72. The van der Waals surface area contributed by atoms with Gasteiger partial charge in [-0.3, -0.25) is 14.3 Å². The van der Waals surface area contributed by atoms with Gasteiger partial charge in [-0.1, -0.05) is 24.3 Å². The molecule has 28 heavy (non-hydrogen) atoms. The predicted molar refractivity (Wildman–Crippen MR) is 109 cm³/mol. The average Bonchev–Trinajstić information content (AvgIpc) is 3.22. The molecular weight excluding hydrogens is 398 g/mol. The number of sulfonamides is 1. The van der Waals surface area contributed by atoms with Crippen LogP contribution in [0.3, 0.4) is 0 Å². The summed E-state index contributed by atoms with van der Waals surface area (Å²) < 4.78 is 27.2. The lowest BCUT2D eigenvalue weighted by atomic mass is 10.3. The van der Waals surface area contributed by atoms with Crippen LogP contribution in [0, 0.1) is 0 Å². The minimum absolute atomic E-state index is 0.0698. The molecule has 144 valence electrons. The van der Waals surface area contributed by atoms with E-state index in [1.807, 2.05) is 0 Å². The van der Waals surface area contributed by atoms with E-state index in [9.17, 15) is 18.0 Å². The number of carbonyl (C=O) groups excluding carboxylic acids is 2. The van der Waals surface area contributed by atoms with Crippen LogP contribution in [0.25, 0.3) is 0 Å². The van der Waals surface area contributed by atoms with Crippen molar-refractivity contribution in [3.63, 3.8) is 0 Å². The van der Waals surface area contributed by atoms with Crippen molar-refractivity contribution >= 4 is 44.5 Å². The van der Waals surface area contributed by atoms with E-state index in [-0.39, 0.29) is 17.3 Å². The second kappa shape index (κ2) is 8.68. The lowest BCUT2D eigenvalue weighted by Gasteiger charge is -2.10. The van der Waals surface area contributed by atoms with Crippen molar-refractivity contribution in [1.29, 1.82) is 0 Å². The molecule has 0 radical (unpaired) electrons. The zero-order valence-corrected chi connectivity index (χ0v) is 16.2. The third-order valence-corrected chi connectivity index (χ3v) is 5.89. The Labute approximate surface area is 166 Å². The van der Waals surface area contributed by atoms with Crippen LogP contribution in [-0.4, -0.2) is 26.8 Å². The number of hydrogen-bond donors (Lipinski definition) is 3. The Morgan fingerprint density at radius 2 is 1.57 bits per heavy atom. The molecule has 0 bridgehead atoms. The van der Waals surface area contributed by atoms with Gasteiger partial charge in [-0.25, -0.2) is 8.42 Å². The van der Waals surface area contributed by atoms with Gasteiger partial charge in [0, 0.05) is 11.4 Å². The van der Waals surface area contributed by atoms with E-state index in [1.165, 1.54) is 35.6 Å². The topological polar surface area (TPSA) is 104 Å². The van der Waals surface area contributed by atoms with Crippen LogP contribution in [0.1, 0.15) is 9.67 Å². The van der Waals surface area contributed by atoms with Crippen LogP contribution < -0.4 is 15.4 Å². The summed E-state index contributed by atoms with van der Waals surface area (Å²) in [6.45, 7) is -0.188. The van der Waals surface area contributed by atoms with Crippen molar-refractivity contribution in [2.75, 3.05) is 16.6 Å². The van der Waals surface area contributed by atoms with Gasteiger partial charge >= 0.3 is 0 Å². The van der Waals surface area contributed by atoms with E-state index in [4.69, 9.17) is 0 Å². The highest BCUT2D eigenvalue weighted by molar-refractivity contribution is 7.92. The quantitative estimate of drug-likeness (QED) is 0.552. The van der Waals surface area contributed by atoms with Gasteiger partial charge in [0.2, 0.25) is 5.91 Å². The molecule has 0 saturated heterocycles. The summed E-state index contributed by atoms with van der Waals surface area (Å²) in [6.07, 6.45) is 0. The fraction of sp³-hybridized carbons (Fsp3) is 0.0526. The fourth-order valence-corrected chi connectivity index (χ4v) is 4.00. The predicted octanol–water partition coefficient (Wildman–Crippen LogP) is 2.92. The Balaban J connectivity index is 1.56. The normalized spacial score (nSPS) is 10.9. The number of amides is 2. The summed E-state index contributed by atoms with van der Waals surface area (Å²) >= 11 is 1.28. The second-order valence-corrected chi connectivity index (χ2v) is 8.33. The van der Waals surface area contributed by atoms with Gasteiger partial charge in [0.25, 0.3) is 15.9 Å². The molecule has 0 atom stereocenters. The standard InChI is InChI=1S/C19H17N3O4S2/c23-18(13-20-19(24)17-7-4-12-27-17)21-14-8-10-16(11-9-14)28(25,26)22-15-5-2-1-3-6-15/h1-12,22H,13H2,(H,20,24)(H,21,23). The zero-order chi connectivity index (χ0) is 20.0. The molecule has 2 aromatic carbocycles. The summed E-state index contributed by atoms with van der Waals surface area (Å²) in [5.41, 5.74) is 0.885. The third-order valence-electron chi connectivity index (χ3n) is 3.63. The van der Waals surface area contributed by atoms with Gasteiger partial charge in [-0.05, 0) is 47.8 Å². The first kappa shape index (κ1) is 19.6. The summed E-state index contributed by atoms with van der Waals surface area (Å²) in [5.74, 6) is -0.735. The maximum atomic E-state index is 12.4. The molecule has 0 aliphatic heterocycles. The van der Waals surface area contributed by atoms with E-state index in [1.54, 1.807) is 47.8 Å². The molecule has 0 fully saturated rings. The summed E-state index contributed by atoms with van der Waals surface area (Å²) in [6, 6.07) is 17.7. The molecule has 0 aliphatic carbocycles. The molecule has 1 heterocycles. The molecule has 3 N–H and O–H groups in total. The number of rotatable bonds is 7. The Kier molecular flexibility index (Phi) is 6.07. The van der Waals surface area contributed by atoms with Crippen molar-refractivity contribution in [1.82, 2.24) is 5.32 Å². The summed E-state index contributed by atoms with van der Waals surface area (Å²) in [5, 5.41) is 6.90. The molecule has 2 amide bonds. The molecule has 0 aliphatic rings. The van der Waals surface area contributed by atoms with Crippen LogP contribution in [-0.2, 0) is 14.8 Å². The SMILES string of the molecule is O=C(CNC(=O)c1cccs1)Nc1ccc(S(=O)(=O)Nc2ccccc2)cc1. The van der Waals surface area contributed by atoms with Crippen molar-refractivity contribution in [2.45, 2.75) is 4.90 Å². The Morgan fingerprint density at radius 3 is 2.21 bits per heavy atom. The number of hydrogen-bond acceptors (Lipinski definition) is 5. The molecule has 3 aromatic rings. The van der Waals surface area contributed by atoms with Crippen molar-refractivity contribution in [2.24, 2.45) is 0 Å². The van der Waals surface area contributed by atoms with Crippen LogP contribution in [0.4, 0.5) is 11.4 Å². The Bertz CT molecular complexity index is 1050. The van der Waals surface area contributed by atoms with E-state index >= 15 is 0 Å². The van der Waals surface area contributed by atoms with Gasteiger partial charge in [0.1, 0.15) is 0 Å². The van der Waals surface area contributed by atoms with Crippen LogP contribution >= 0.6 is 11.3 Å². The third kappa shape index (κ3) is 5.18. The highest BCUT2D eigenvalue weighted by Gasteiger charge is 2.14. The van der Waals surface area contributed by atoms with E-state index in [0.717, 1.165) is 0 Å². The second-order valence-electron chi connectivity index (χ2n) is 5.70. The van der Waals surface area contributed by atoms with Gasteiger partial charge < -0.3 is 10.6 Å². The van der Waals surface area contributed by atoms with Crippen LogP contribution in [0.5, 0.6) is 0 Å². The number of nitrogens with one attached hydrogen (secondary N) is 3. The molecule has 0 saturated carbocycles. The van der Waals surface area contributed by atoms with Gasteiger partial charge in [-0.15, -0.1) is 11.3 Å². The number of carbonyl (C=O) groups is 2. The highest BCUT2D eigenvalue weighted by atomic mass is 32.2. The molecule has 0 unspecified atom stereocenters. The lowest BCUT2D eigenvalue weighted by molar-refractivity contribution is -0.115. The highest BCUT2D eigenvalue weighted by Crippen LogP contribution is 2.18. The molecule has 9 heteroatoms. The fourth-order valence-electron chi connectivity index (χ4n) is 2.30. The smallest absolute Gasteiger partial charge is 0.261 e. The zero-order valence-electron chi connectivity index (χ0n) is 14.6. The van der Waals surface area contributed by atoms with E-state index < -0.39 is 15.9 Å². The summed E-state index contributed by atoms with van der Waals surface area (Å²) in [4.78, 5) is 24.4. The van der Waals surface area contributed by atoms with Crippen molar-refractivity contribution in [3.8, 4) is 0 Å². The minimum Gasteiger partial charge on any atom is -0.342 e. The average molecular weight is 415 g/mol. The Hall–Kier alpha value is -3.17.